The summed E-state index contributed by atoms with van der Waals surface area (Å²) >= 11 is 0. The van der Waals surface area contributed by atoms with Crippen LogP contribution in [0.3, 0.4) is 0 Å². The van der Waals surface area contributed by atoms with Gasteiger partial charge in [-0.05, 0) is 26.2 Å². The molecule has 0 saturated heterocycles. The van der Waals surface area contributed by atoms with Gasteiger partial charge in [0.05, 0.1) is 6.61 Å². The molecule has 0 bridgehead atoms. The summed E-state index contributed by atoms with van der Waals surface area (Å²) in [4.78, 5) is 9.32. The first-order valence-corrected chi connectivity index (χ1v) is 6.76. The number of allylic oxidation sites excluding steroid dienone is 2. The smallest absolute Gasteiger partial charge is 0.321 e. The van der Waals surface area contributed by atoms with Crippen LogP contribution >= 0.6 is 7.60 Å². The number of rotatable bonds is 6. The van der Waals surface area contributed by atoms with Crippen molar-refractivity contribution in [2.24, 2.45) is 5.92 Å². The van der Waals surface area contributed by atoms with Crippen LogP contribution in [0.5, 0.6) is 0 Å². The van der Waals surface area contributed by atoms with Gasteiger partial charge in [0.1, 0.15) is 0 Å². The molecule has 0 aliphatic heterocycles. The van der Waals surface area contributed by atoms with Crippen LogP contribution in [0.1, 0.15) is 34.1 Å². The van der Waals surface area contributed by atoms with Crippen LogP contribution < -0.4 is 0 Å². The summed E-state index contributed by atoms with van der Waals surface area (Å²) in [5.41, 5.74) is 0.784. The lowest BCUT2D eigenvalue weighted by Crippen LogP contribution is -1.88. The Morgan fingerprint density at radius 2 is 2.00 bits per heavy atom. The van der Waals surface area contributed by atoms with Gasteiger partial charge in [0.15, 0.2) is 0 Å². The highest BCUT2D eigenvalue weighted by Gasteiger charge is 2.13. The Balaban J connectivity index is 3.91. The van der Waals surface area contributed by atoms with E-state index in [2.05, 4.69) is 13.8 Å². The molecule has 15 heavy (non-hydrogen) atoms. The van der Waals surface area contributed by atoms with Gasteiger partial charge in [-0.15, -0.1) is 0 Å². The first kappa shape index (κ1) is 14.6. The Morgan fingerprint density at radius 3 is 2.47 bits per heavy atom. The molecule has 88 valence electrons. The van der Waals surface area contributed by atoms with Crippen molar-refractivity contribution in [3.63, 3.8) is 0 Å². The van der Waals surface area contributed by atoms with Gasteiger partial charge in [0, 0.05) is 5.82 Å². The Morgan fingerprint density at radius 1 is 1.40 bits per heavy atom. The van der Waals surface area contributed by atoms with E-state index in [-0.39, 0.29) is 6.61 Å². The maximum atomic E-state index is 11.3. The lowest BCUT2D eigenvalue weighted by molar-refractivity contribution is 0.296. The summed E-state index contributed by atoms with van der Waals surface area (Å²) in [5.74, 6) is 1.86. The summed E-state index contributed by atoms with van der Waals surface area (Å²) in [6.45, 7) is 7.95. The van der Waals surface area contributed by atoms with Gasteiger partial charge in [-0.1, -0.05) is 31.6 Å². The van der Waals surface area contributed by atoms with E-state index in [1.165, 1.54) is 5.82 Å². The molecular weight excluding hydrogens is 211 g/mol. The van der Waals surface area contributed by atoms with Crippen LogP contribution in [0.25, 0.3) is 0 Å². The Kier molecular flexibility index (Phi) is 6.82. The van der Waals surface area contributed by atoms with Crippen molar-refractivity contribution < 1.29 is 14.0 Å². The maximum Gasteiger partial charge on any atom is 0.351 e. The van der Waals surface area contributed by atoms with E-state index >= 15 is 0 Å². The molecule has 0 fully saturated rings. The third kappa shape index (κ3) is 9.92. The highest BCUT2D eigenvalue weighted by atomic mass is 31.2. The lowest BCUT2D eigenvalue weighted by atomic mass is 10.1. The number of hydrogen-bond donors (Lipinski definition) is 1. The minimum absolute atomic E-state index is 0.185. The molecule has 0 aliphatic carbocycles. The van der Waals surface area contributed by atoms with Crippen molar-refractivity contribution in [1.82, 2.24) is 0 Å². The molecule has 0 aromatic carbocycles. The van der Waals surface area contributed by atoms with E-state index in [0.29, 0.717) is 5.92 Å². The van der Waals surface area contributed by atoms with E-state index in [4.69, 9.17) is 4.52 Å². The third-order valence-corrected chi connectivity index (χ3v) is 2.91. The van der Waals surface area contributed by atoms with Crippen LogP contribution in [0.2, 0.25) is 0 Å². The Bertz CT molecular complexity index is 276. The fourth-order valence-corrected chi connectivity index (χ4v) is 1.98. The molecule has 0 amide bonds. The fourth-order valence-electron chi connectivity index (χ4n) is 0.950. The summed E-state index contributed by atoms with van der Waals surface area (Å²) < 4.78 is 16.2. The van der Waals surface area contributed by atoms with Gasteiger partial charge in [-0.3, -0.25) is 4.57 Å². The molecule has 1 atom stereocenters. The predicted octanol–water partition coefficient (Wildman–Crippen LogP) is 3.71. The van der Waals surface area contributed by atoms with Crippen molar-refractivity contribution in [3.05, 3.63) is 23.5 Å². The summed E-state index contributed by atoms with van der Waals surface area (Å²) in [6.07, 6.45) is 4.70. The van der Waals surface area contributed by atoms with Crippen molar-refractivity contribution in [2.45, 2.75) is 34.1 Å². The molecule has 0 aromatic rings. The second-order valence-electron chi connectivity index (χ2n) is 4.17. The quantitative estimate of drug-likeness (QED) is 0.561. The summed E-state index contributed by atoms with van der Waals surface area (Å²) in [6, 6.07) is 0. The Hall–Kier alpha value is -0.370. The number of hydrogen-bond acceptors (Lipinski definition) is 2. The second kappa shape index (κ2) is 7.00. The van der Waals surface area contributed by atoms with Crippen LogP contribution in [0.4, 0.5) is 0 Å². The van der Waals surface area contributed by atoms with Crippen LogP contribution in [-0.2, 0) is 9.09 Å². The standard InChI is InChI=1S/C11H21O3P/c1-10(2)7-5-6-8-14-15(12,13)9-11(3)4/h5-6,9-10H,7-8H2,1-4H3,(H,12,13). The zero-order valence-electron chi connectivity index (χ0n) is 9.93. The molecule has 0 saturated carbocycles. The van der Waals surface area contributed by atoms with Crippen LogP contribution in [0.15, 0.2) is 23.5 Å². The Labute approximate surface area is 92.4 Å². The van der Waals surface area contributed by atoms with Gasteiger partial charge in [-0.2, -0.15) is 0 Å². The molecule has 0 spiro atoms. The van der Waals surface area contributed by atoms with E-state index in [1.54, 1.807) is 19.9 Å². The molecule has 3 nitrogen and oxygen atoms in total. The van der Waals surface area contributed by atoms with E-state index in [9.17, 15) is 9.46 Å². The minimum atomic E-state index is -3.53. The van der Waals surface area contributed by atoms with Gasteiger partial charge in [-0.25, -0.2) is 0 Å². The second-order valence-corrected chi connectivity index (χ2v) is 5.81. The first-order valence-electron chi connectivity index (χ1n) is 5.11. The summed E-state index contributed by atoms with van der Waals surface area (Å²) in [7, 11) is -3.53. The predicted molar refractivity (Wildman–Crippen MR) is 63.8 cm³/mol. The van der Waals surface area contributed by atoms with Gasteiger partial charge in [0.25, 0.3) is 0 Å². The average molecular weight is 232 g/mol. The van der Waals surface area contributed by atoms with E-state index < -0.39 is 7.60 Å². The van der Waals surface area contributed by atoms with Crippen LogP contribution in [-0.4, -0.2) is 11.5 Å². The van der Waals surface area contributed by atoms with E-state index in [1.807, 2.05) is 6.08 Å². The van der Waals surface area contributed by atoms with Crippen molar-refractivity contribution in [3.8, 4) is 0 Å². The first-order chi connectivity index (χ1) is 6.83. The topological polar surface area (TPSA) is 46.5 Å². The fraction of sp³-hybridized carbons (Fsp3) is 0.636. The molecule has 1 unspecified atom stereocenters. The third-order valence-electron chi connectivity index (χ3n) is 1.55. The maximum absolute atomic E-state index is 11.3. The molecular formula is C11H21O3P. The highest BCUT2D eigenvalue weighted by Crippen LogP contribution is 2.44. The molecule has 0 heterocycles. The van der Waals surface area contributed by atoms with Crippen LogP contribution in [0, 0.1) is 5.92 Å². The normalized spacial score (nSPS) is 15.6. The van der Waals surface area contributed by atoms with E-state index in [0.717, 1.165) is 12.0 Å². The monoisotopic (exact) mass is 232 g/mol. The average Bonchev–Trinajstić information content (AvgIpc) is 1.99. The molecule has 1 N–H and O–H groups in total. The lowest BCUT2D eigenvalue weighted by Gasteiger charge is -2.06. The zero-order chi connectivity index (χ0) is 11.9. The van der Waals surface area contributed by atoms with Crippen molar-refractivity contribution >= 4 is 7.60 Å². The zero-order valence-corrected chi connectivity index (χ0v) is 10.8. The largest absolute Gasteiger partial charge is 0.351 e. The highest BCUT2D eigenvalue weighted by molar-refractivity contribution is 7.56. The molecule has 0 rings (SSSR count). The minimum Gasteiger partial charge on any atom is -0.321 e. The van der Waals surface area contributed by atoms with Crippen molar-refractivity contribution in [2.75, 3.05) is 6.61 Å². The van der Waals surface area contributed by atoms with Crippen molar-refractivity contribution in [1.29, 1.82) is 0 Å². The SMILES string of the molecule is CC(C)=CP(=O)(O)OCC=CCC(C)C. The molecule has 0 radical (unpaired) electrons. The van der Waals surface area contributed by atoms with Gasteiger partial charge in [0.2, 0.25) is 0 Å². The summed E-state index contributed by atoms with van der Waals surface area (Å²) in [5, 5.41) is 0. The molecule has 0 aliphatic rings. The molecule has 0 aromatic heterocycles. The molecule has 4 heteroatoms. The van der Waals surface area contributed by atoms with Gasteiger partial charge >= 0.3 is 7.60 Å². The van der Waals surface area contributed by atoms with Gasteiger partial charge < -0.3 is 9.42 Å².